The van der Waals surface area contributed by atoms with Crippen molar-refractivity contribution in [2.45, 2.75) is 49.9 Å². The molecule has 0 bridgehead atoms. The number of ether oxygens (including phenoxy) is 1. The van der Waals surface area contributed by atoms with Crippen LogP contribution in [0.15, 0.2) is 60.7 Å². The maximum Gasteiger partial charge on any atom is 0.573 e. The van der Waals surface area contributed by atoms with Crippen molar-refractivity contribution in [3.8, 4) is 5.75 Å². The molecular formula is C31H29Cl2F4N3O3. The van der Waals surface area contributed by atoms with E-state index in [-0.39, 0.29) is 29.9 Å². The van der Waals surface area contributed by atoms with Crippen LogP contribution in [0.5, 0.6) is 5.75 Å². The number of alkyl halides is 3. The number of likely N-dealkylation sites (tertiary alicyclic amines) is 1. The zero-order valence-corrected chi connectivity index (χ0v) is 24.5. The van der Waals surface area contributed by atoms with E-state index >= 15 is 0 Å². The van der Waals surface area contributed by atoms with E-state index in [1.807, 2.05) is 0 Å². The van der Waals surface area contributed by atoms with Crippen LogP contribution in [-0.2, 0) is 21.5 Å². The number of rotatable bonds is 8. The predicted molar refractivity (Wildman–Crippen MR) is 156 cm³/mol. The summed E-state index contributed by atoms with van der Waals surface area (Å²) >= 11 is 12.4. The summed E-state index contributed by atoms with van der Waals surface area (Å²) < 4.78 is 56.0. The van der Waals surface area contributed by atoms with Gasteiger partial charge in [-0.15, -0.1) is 13.2 Å². The minimum absolute atomic E-state index is 0.00399. The highest BCUT2D eigenvalue weighted by molar-refractivity contribution is 6.42. The molecular weight excluding hydrogens is 609 g/mol. The number of amides is 2. The maximum absolute atomic E-state index is 14.1. The topological polar surface area (TPSA) is 70.7 Å². The number of anilines is 1. The first-order valence-electron chi connectivity index (χ1n) is 13.8. The molecule has 3 aromatic rings. The van der Waals surface area contributed by atoms with Gasteiger partial charge in [-0.2, -0.15) is 0 Å². The van der Waals surface area contributed by atoms with Crippen molar-refractivity contribution in [1.82, 2.24) is 10.2 Å². The van der Waals surface area contributed by atoms with Crippen LogP contribution in [0.1, 0.15) is 48.3 Å². The molecule has 0 saturated carbocycles. The van der Waals surface area contributed by atoms with Gasteiger partial charge in [0, 0.05) is 24.1 Å². The zero-order chi connectivity index (χ0) is 30.8. The molecule has 1 unspecified atom stereocenters. The minimum Gasteiger partial charge on any atom is -0.406 e. The Bertz CT molecular complexity index is 1510. The van der Waals surface area contributed by atoms with Crippen LogP contribution in [0.4, 0.5) is 23.2 Å². The van der Waals surface area contributed by atoms with E-state index in [0.717, 1.165) is 5.56 Å². The third kappa shape index (κ3) is 7.60. The fourth-order valence-corrected chi connectivity index (χ4v) is 6.27. The van der Waals surface area contributed by atoms with E-state index in [9.17, 15) is 27.2 Å². The average molecular weight is 638 g/mol. The van der Waals surface area contributed by atoms with Crippen molar-refractivity contribution in [2.24, 2.45) is 0 Å². The molecule has 2 amide bonds. The highest BCUT2D eigenvalue weighted by Gasteiger charge is 2.42. The van der Waals surface area contributed by atoms with Crippen LogP contribution in [0.2, 0.25) is 10.0 Å². The quantitative estimate of drug-likeness (QED) is 0.256. The van der Waals surface area contributed by atoms with Gasteiger partial charge in [0.25, 0.3) is 0 Å². The number of halogens is 6. The Morgan fingerprint density at radius 2 is 1.81 bits per heavy atom. The van der Waals surface area contributed by atoms with Crippen LogP contribution in [-0.4, -0.2) is 42.7 Å². The number of carbonyl (C=O) groups is 2. The first-order valence-corrected chi connectivity index (χ1v) is 14.6. The Morgan fingerprint density at radius 1 is 1.05 bits per heavy atom. The molecule has 2 aliphatic heterocycles. The Labute approximate surface area is 256 Å². The van der Waals surface area contributed by atoms with Crippen LogP contribution < -0.4 is 15.4 Å². The monoisotopic (exact) mass is 637 g/mol. The van der Waals surface area contributed by atoms with Crippen molar-refractivity contribution in [1.29, 1.82) is 0 Å². The van der Waals surface area contributed by atoms with Crippen LogP contribution in [0.25, 0.3) is 0 Å². The molecule has 2 aliphatic rings. The lowest BCUT2D eigenvalue weighted by molar-refractivity contribution is -0.274. The Kier molecular flexibility index (Phi) is 9.20. The summed E-state index contributed by atoms with van der Waals surface area (Å²) in [6.45, 7) is 1.87. The Hall–Kier alpha value is -3.34. The summed E-state index contributed by atoms with van der Waals surface area (Å²) in [6, 6.07) is 14.9. The highest BCUT2D eigenvalue weighted by Crippen LogP contribution is 2.45. The van der Waals surface area contributed by atoms with Crippen LogP contribution in [0, 0.1) is 5.82 Å². The van der Waals surface area contributed by atoms with Crippen molar-refractivity contribution in [3.63, 3.8) is 0 Å². The van der Waals surface area contributed by atoms with Gasteiger partial charge in [-0.3, -0.25) is 9.59 Å². The Balaban J connectivity index is 1.26. The van der Waals surface area contributed by atoms with E-state index in [2.05, 4.69) is 20.3 Å². The average Bonchev–Trinajstić information content (AvgIpc) is 2.94. The van der Waals surface area contributed by atoms with Crippen LogP contribution >= 0.6 is 23.2 Å². The molecule has 1 atom stereocenters. The second-order valence-electron chi connectivity index (χ2n) is 11.0. The summed E-state index contributed by atoms with van der Waals surface area (Å²) in [5, 5.41) is 6.32. The van der Waals surface area contributed by atoms with Crippen molar-refractivity contribution in [3.05, 3.63) is 93.2 Å². The zero-order valence-electron chi connectivity index (χ0n) is 22.9. The largest absolute Gasteiger partial charge is 0.573 e. The fraction of sp³-hybridized carbons (Fsp3) is 0.355. The normalized spacial score (nSPS) is 17.2. The van der Waals surface area contributed by atoms with Crippen molar-refractivity contribution in [2.75, 3.05) is 25.0 Å². The molecule has 12 heteroatoms. The smallest absolute Gasteiger partial charge is 0.406 e. The second-order valence-corrected chi connectivity index (χ2v) is 11.8. The van der Waals surface area contributed by atoms with Gasteiger partial charge in [0.1, 0.15) is 11.6 Å². The third-order valence-electron chi connectivity index (χ3n) is 8.13. The minimum atomic E-state index is -4.82. The Morgan fingerprint density at radius 3 is 2.53 bits per heavy atom. The van der Waals surface area contributed by atoms with Gasteiger partial charge in [-0.1, -0.05) is 41.4 Å². The molecule has 5 rings (SSSR count). The molecule has 1 saturated heterocycles. The number of nitrogens with one attached hydrogen (secondary N) is 2. The summed E-state index contributed by atoms with van der Waals surface area (Å²) in [7, 11) is 0. The molecule has 0 radical (unpaired) electrons. The second kappa shape index (κ2) is 12.7. The van der Waals surface area contributed by atoms with Crippen molar-refractivity contribution >= 4 is 40.7 Å². The number of hydrogen-bond acceptors (Lipinski definition) is 4. The van der Waals surface area contributed by atoms with E-state index < -0.39 is 17.7 Å². The first kappa shape index (κ1) is 31.1. The third-order valence-corrected chi connectivity index (χ3v) is 8.87. The van der Waals surface area contributed by atoms with E-state index in [1.54, 1.807) is 30.3 Å². The van der Waals surface area contributed by atoms with E-state index in [1.165, 1.54) is 30.3 Å². The van der Waals surface area contributed by atoms with E-state index in [0.29, 0.717) is 72.2 Å². The van der Waals surface area contributed by atoms with Gasteiger partial charge >= 0.3 is 6.36 Å². The van der Waals surface area contributed by atoms with Gasteiger partial charge in [0.2, 0.25) is 11.8 Å². The number of carbonyl (C=O) groups excluding carboxylic acids is 2. The fourth-order valence-electron chi connectivity index (χ4n) is 5.97. The molecule has 1 fully saturated rings. The number of benzene rings is 3. The number of hydrogen-bond donors (Lipinski definition) is 2. The van der Waals surface area contributed by atoms with Crippen molar-refractivity contribution < 1.29 is 31.9 Å². The molecule has 2 heterocycles. The molecule has 6 nitrogen and oxygen atoms in total. The summed E-state index contributed by atoms with van der Waals surface area (Å²) in [5.74, 6) is -1.73. The van der Waals surface area contributed by atoms with Gasteiger partial charge in [0.05, 0.1) is 16.0 Å². The molecule has 228 valence electrons. The van der Waals surface area contributed by atoms with Gasteiger partial charge in [-0.25, -0.2) is 4.39 Å². The molecule has 3 aromatic carbocycles. The van der Waals surface area contributed by atoms with Crippen LogP contribution in [0.3, 0.4) is 0 Å². The summed E-state index contributed by atoms with van der Waals surface area (Å²) in [5.41, 5.74) is 2.13. The van der Waals surface area contributed by atoms with Gasteiger partial charge < -0.3 is 20.3 Å². The summed E-state index contributed by atoms with van der Waals surface area (Å²) in [4.78, 5) is 28.1. The molecule has 43 heavy (non-hydrogen) atoms. The number of nitrogens with zero attached hydrogens (tertiary/aromatic N) is 1. The maximum atomic E-state index is 14.1. The van der Waals surface area contributed by atoms with Gasteiger partial charge in [0.15, 0.2) is 0 Å². The first-order chi connectivity index (χ1) is 20.4. The lowest BCUT2D eigenvalue weighted by Crippen LogP contribution is -2.47. The number of piperidine rings is 1. The number of fused-ring (bicyclic) bond motifs is 2. The standard InChI is InChI=1S/C31H29Cl2F4N3O3/c32-25-6-4-20(15-26(25)33)23(29(42)38-18-19-2-1-3-22(14-19)43-31(35,36)37)8-11-40-12-9-30(10-13-40)17-28(41)39-27-7-5-21(34)16-24(27)30/h1-7,14-16,23H,8-13,17-18H2,(H,38,42)(H,39,41). The lowest BCUT2D eigenvalue weighted by atomic mass is 9.68. The van der Waals surface area contributed by atoms with E-state index in [4.69, 9.17) is 23.2 Å². The molecule has 0 aromatic heterocycles. The molecule has 1 spiro atoms. The summed E-state index contributed by atoms with van der Waals surface area (Å²) in [6.07, 6.45) is -2.77. The predicted octanol–water partition coefficient (Wildman–Crippen LogP) is 7.20. The highest BCUT2D eigenvalue weighted by atomic mass is 35.5. The SMILES string of the molecule is O=C1CC2(CCN(CCC(C(=O)NCc3cccc(OC(F)(F)F)c3)c3ccc(Cl)c(Cl)c3)CC2)c2cc(F)ccc2N1. The molecule has 2 N–H and O–H groups in total. The molecule has 0 aliphatic carbocycles. The lowest BCUT2D eigenvalue weighted by Gasteiger charge is -2.45. The van der Waals surface area contributed by atoms with Gasteiger partial charge in [-0.05, 0) is 98.1 Å².